The van der Waals surface area contributed by atoms with E-state index in [1.54, 1.807) is 44.8 Å². The number of rotatable bonds is 8. The first-order valence-corrected chi connectivity index (χ1v) is 13.3. The number of esters is 1. The molecule has 1 aliphatic heterocycles. The van der Waals surface area contributed by atoms with E-state index in [1.807, 2.05) is 37.3 Å². The fourth-order valence-electron chi connectivity index (χ4n) is 4.16. The van der Waals surface area contributed by atoms with Crippen LogP contribution in [0.2, 0.25) is 0 Å². The van der Waals surface area contributed by atoms with Crippen molar-refractivity contribution in [3.05, 3.63) is 83.0 Å². The van der Waals surface area contributed by atoms with Gasteiger partial charge in [-0.05, 0) is 66.5 Å². The van der Waals surface area contributed by atoms with Gasteiger partial charge >= 0.3 is 5.97 Å². The van der Waals surface area contributed by atoms with Gasteiger partial charge in [-0.3, -0.25) is 9.36 Å². The van der Waals surface area contributed by atoms with E-state index in [9.17, 15) is 9.59 Å². The molecule has 8 nitrogen and oxygen atoms in total. The van der Waals surface area contributed by atoms with Gasteiger partial charge in [0, 0.05) is 11.6 Å². The zero-order valence-corrected chi connectivity index (χ0v) is 23.6. The zero-order chi connectivity index (χ0) is 26.7. The minimum Gasteiger partial charge on any atom is -0.496 e. The molecule has 0 saturated heterocycles. The molecule has 10 heteroatoms. The Balaban J connectivity index is 1.93. The maximum atomic E-state index is 13.8. The predicted octanol–water partition coefficient (Wildman–Crippen LogP) is 3.98. The molecule has 0 bridgehead atoms. The summed E-state index contributed by atoms with van der Waals surface area (Å²) in [6.07, 6.45) is 1.76. The van der Waals surface area contributed by atoms with Crippen LogP contribution < -0.4 is 29.1 Å². The molecule has 0 spiro atoms. The molecule has 37 heavy (non-hydrogen) atoms. The van der Waals surface area contributed by atoms with E-state index >= 15 is 0 Å². The molecule has 0 N–H and O–H groups in total. The second-order valence-electron chi connectivity index (χ2n) is 8.03. The van der Waals surface area contributed by atoms with Crippen LogP contribution in [0, 0.1) is 0 Å². The summed E-state index contributed by atoms with van der Waals surface area (Å²) >= 11 is 4.74. The lowest BCUT2D eigenvalue weighted by molar-refractivity contribution is -0.139. The largest absolute Gasteiger partial charge is 0.496 e. The van der Waals surface area contributed by atoms with Gasteiger partial charge in [-0.2, -0.15) is 0 Å². The number of methoxy groups -OCH3 is 2. The molecule has 0 radical (unpaired) electrons. The van der Waals surface area contributed by atoms with Gasteiger partial charge in [0.05, 0.1) is 53.8 Å². The van der Waals surface area contributed by atoms with Crippen LogP contribution in [0.25, 0.3) is 6.08 Å². The molecule has 0 saturated carbocycles. The predicted molar refractivity (Wildman–Crippen MR) is 145 cm³/mol. The monoisotopic (exact) mass is 586 g/mol. The number of hydrogen-bond acceptors (Lipinski definition) is 8. The Kier molecular flexibility index (Phi) is 8.19. The molecular weight excluding hydrogens is 560 g/mol. The highest BCUT2D eigenvalue weighted by Gasteiger charge is 2.33. The maximum absolute atomic E-state index is 13.8. The van der Waals surface area contributed by atoms with E-state index in [2.05, 4.69) is 20.9 Å². The first-order valence-electron chi connectivity index (χ1n) is 11.7. The third-order valence-electron chi connectivity index (χ3n) is 5.81. The number of ether oxygens (including phenoxy) is 4. The second kappa shape index (κ2) is 11.4. The van der Waals surface area contributed by atoms with Gasteiger partial charge in [0.2, 0.25) is 0 Å². The molecule has 0 fully saturated rings. The van der Waals surface area contributed by atoms with Gasteiger partial charge in [0.15, 0.2) is 4.80 Å². The van der Waals surface area contributed by atoms with Crippen molar-refractivity contribution in [1.29, 1.82) is 0 Å². The van der Waals surface area contributed by atoms with Crippen LogP contribution in [0.15, 0.2) is 61.9 Å². The van der Waals surface area contributed by atoms with Gasteiger partial charge in [-0.25, -0.2) is 9.79 Å². The minimum absolute atomic E-state index is 0.210. The number of carbonyl (C=O) groups excluding carboxylic acids is 1. The minimum atomic E-state index is -0.697. The summed E-state index contributed by atoms with van der Waals surface area (Å²) < 4.78 is 24.5. The number of aromatic nitrogens is 1. The fraction of sp³-hybridized carbons (Fsp3) is 0.296. The molecule has 2 aromatic carbocycles. The lowest BCUT2D eigenvalue weighted by atomic mass is 9.96. The van der Waals surface area contributed by atoms with Crippen LogP contribution in [-0.2, 0) is 9.53 Å². The van der Waals surface area contributed by atoms with E-state index in [0.717, 1.165) is 10.0 Å². The fourth-order valence-corrected chi connectivity index (χ4v) is 5.72. The summed E-state index contributed by atoms with van der Waals surface area (Å²) in [6, 6.07) is 10.2. The number of thiazole rings is 1. The summed E-state index contributed by atoms with van der Waals surface area (Å²) in [6.45, 7) is 6.16. The van der Waals surface area contributed by atoms with Crippen molar-refractivity contribution in [1.82, 2.24) is 4.57 Å². The van der Waals surface area contributed by atoms with Crippen LogP contribution in [0.5, 0.6) is 17.2 Å². The molecular formula is C27H27BrN2O6S. The molecule has 1 atom stereocenters. The van der Waals surface area contributed by atoms with Crippen molar-refractivity contribution in [2.24, 2.45) is 4.99 Å². The molecule has 194 valence electrons. The number of fused-ring (bicyclic) bond motifs is 1. The number of carbonyl (C=O) groups is 1. The van der Waals surface area contributed by atoms with Crippen LogP contribution in [-0.4, -0.2) is 38.0 Å². The number of nitrogens with zero attached hydrogens (tertiary/aromatic N) is 2. The molecule has 0 amide bonds. The Hall–Kier alpha value is -3.37. The van der Waals surface area contributed by atoms with Gasteiger partial charge in [-0.1, -0.05) is 23.5 Å². The van der Waals surface area contributed by atoms with E-state index in [1.165, 1.54) is 11.3 Å². The van der Waals surface area contributed by atoms with Crippen LogP contribution in [0.3, 0.4) is 0 Å². The molecule has 0 unspecified atom stereocenters. The van der Waals surface area contributed by atoms with Gasteiger partial charge in [0.25, 0.3) is 5.56 Å². The van der Waals surface area contributed by atoms with Crippen LogP contribution in [0.4, 0.5) is 0 Å². The van der Waals surface area contributed by atoms with Crippen molar-refractivity contribution in [2.75, 3.05) is 27.4 Å². The van der Waals surface area contributed by atoms with Crippen molar-refractivity contribution in [3.8, 4) is 17.2 Å². The van der Waals surface area contributed by atoms with Gasteiger partial charge in [-0.15, -0.1) is 0 Å². The van der Waals surface area contributed by atoms with E-state index in [4.69, 9.17) is 18.9 Å². The molecule has 1 aliphatic rings. The molecule has 0 aliphatic carbocycles. The Morgan fingerprint density at radius 3 is 2.43 bits per heavy atom. The lowest BCUT2D eigenvalue weighted by Gasteiger charge is -2.24. The standard InChI is InChI=1S/C27H27BrN2O6S/c1-6-35-18-10-8-16(9-11-18)24-23(26(32)36-7-2)15(3)29-27-30(24)25(31)22(37-27)13-17-12-19(28)21(34-5)14-20(17)33-4/h8-14,24H,6-7H2,1-5H3/b22-13-/t24-/m1/s1. The number of halogens is 1. The first kappa shape index (κ1) is 26.7. The number of allylic oxidation sites excluding steroid dienone is 1. The van der Waals surface area contributed by atoms with Crippen molar-refractivity contribution in [2.45, 2.75) is 26.8 Å². The Morgan fingerprint density at radius 2 is 1.81 bits per heavy atom. The number of benzene rings is 2. The van der Waals surface area contributed by atoms with Crippen LogP contribution in [0.1, 0.15) is 37.9 Å². The third kappa shape index (κ3) is 5.21. The first-order chi connectivity index (χ1) is 17.8. The Bertz CT molecular complexity index is 1540. The van der Waals surface area contributed by atoms with E-state index in [-0.39, 0.29) is 12.2 Å². The lowest BCUT2D eigenvalue weighted by Crippen LogP contribution is -2.39. The highest BCUT2D eigenvalue weighted by Crippen LogP contribution is 2.34. The van der Waals surface area contributed by atoms with Gasteiger partial charge < -0.3 is 18.9 Å². The highest BCUT2D eigenvalue weighted by atomic mass is 79.9. The smallest absolute Gasteiger partial charge is 0.338 e. The summed E-state index contributed by atoms with van der Waals surface area (Å²) in [5.41, 5.74) is 2.01. The molecule has 1 aromatic heterocycles. The van der Waals surface area contributed by atoms with Crippen LogP contribution >= 0.6 is 27.3 Å². The van der Waals surface area contributed by atoms with E-state index < -0.39 is 12.0 Å². The maximum Gasteiger partial charge on any atom is 0.338 e. The summed E-state index contributed by atoms with van der Waals surface area (Å²) in [7, 11) is 3.13. The second-order valence-corrected chi connectivity index (χ2v) is 9.90. The summed E-state index contributed by atoms with van der Waals surface area (Å²) in [5.74, 6) is 1.37. The Labute approximate surface area is 226 Å². The van der Waals surface area contributed by atoms with Crippen molar-refractivity contribution in [3.63, 3.8) is 0 Å². The third-order valence-corrected chi connectivity index (χ3v) is 7.42. The molecule has 4 rings (SSSR count). The highest BCUT2D eigenvalue weighted by molar-refractivity contribution is 9.10. The Morgan fingerprint density at radius 1 is 1.11 bits per heavy atom. The SMILES string of the molecule is CCOC(=O)C1=C(C)N=c2s/c(=C\c3cc(Br)c(OC)cc3OC)c(=O)n2[C@@H]1c1ccc(OCC)cc1. The van der Waals surface area contributed by atoms with Gasteiger partial charge in [0.1, 0.15) is 17.2 Å². The average molecular weight is 587 g/mol. The average Bonchev–Trinajstić information content (AvgIpc) is 3.18. The van der Waals surface area contributed by atoms with Crippen molar-refractivity contribution < 1.29 is 23.7 Å². The molecule has 2 heterocycles. The quantitative estimate of drug-likeness (QED) is 0.371. The topological polar surface area (TPSA) is 88.4 Å². The normalized spacial score (nSPS) is 15.2. The zero-order valence-electron chi connectivity index (χ0n) is 21.2. The van der Waals surface area contributed by atoms with E-state index in [0.29, 0.717) is 50.0 Å². The summed E-state index contributed by atoms with van der Waals surface area (Å²) in [4.78, 5) is 32.0. The molecule has 3 aromatic rings. The number of hydrogen-bond donors (Lipinski definition) is 0. The summed E-state index contributed by atoms with van der Waals surface area (Å²) in [5, 5.41) is 0. The van der Waals surface area contributed by atoms with Crippen molar-refractivity contribution >= 4 is 39.3 Å².